The maximum absolute atomic E-state index is 11.9. The Morgan fingerprint density at radius 1 is 1.04 bits per heavy atom. The molecule has 3 rings (SSSR count). The fourth-order valence-electron chi connectivity index (χ4n) is 2.05. The van der Waals surface area contributed by atoms with Crippen LogP contribution in [0.25, 0.3) is 11.3 Å². The van der Waals surface area contributed by atoms with Crippen molar-refractivity contribution >= 4 is 17.5 Å². The molecule has 25 heavy (non-hydrogen) atoms. The van der Waals surface area contributed by atoms with Crippen LogP contribution in [-0.4, -0.2) is 21.0 Å². The second-order valence-corrected chi connectivity index (χ2v) is 4.93. The number of nitro benzene ring substituents is 1. The molecule has 0 fully saturated rings. The van der Waals surface area contributed by atoms with E-state index in [9.17, 15) is 14.9 Å². The normalized spacial score (nSPS) is 10.1. The number of hydrogen-bond donors (Lipinski definition) is 1. The van der Waals surface area contributed by atoms with Crippen LogP contribution in [0.15, 0.2) is 67.1 Å². The van der Waals surface area contributed by atoms with Crippen LogP contribution >= 0.6 is 0 Å². The number of hydrogen-bond acceptors (Lipinski definition) is 6. The first-order chi connectivity index (χ1) is 12.1. The van der Waals surface area contributed by atoms with Gasteiger partial charge in [0.05, 0.1) is 22.5 Å². The van der Waals surface area contributed by atoms with Crippen LogP contribution < -0.4 is 10.1 Å². The van der Waals surface area contributed by atoms with Crippen LogP contribution in [0.3, 0.4) is 0 Å². The molecule has 0 atom stereocenters. The third-order valence-corrected chi connectivity index (χ3v) is 3.24. The number of rotatable bonds is 4. The largest absolute Gasteiger partial charge is 0.417 e. The summed E-state index contributed by atoms with van der Waals surface area (Å²) in [4.78, 5) is 30.1. The quantitative estimate of drug-likeness (QED) is 0.575. The third-order valence-electron chi connectivity index (χ3n) is 3.24. The van der Waals surface area contributed by atoms with Gasteiger partial charge in [-0.05, 0) is 36.4 Å². The average Bonchev–Trinajstić information content (AvgIpc) is 2.63. The Hall–Kier alpha value is -3.81. The molecule has 0 aliphatic carbocycles. The fourth-order valence-corrected chi connectivity index (χ4v) is 2.05. The van der Waals surface area contributed by atoms with Crippen LogP contribution in [0.1, 0.15) is 0 Å². The number of carbonyl (C=O) groups excluding carboxylic acids is 1. The van der Waals surface area contributed by atoms with Crippen molar-refractivity contribution in [2.24, 2.45) is 0 Å². The van der Waals surface area contributed by atoms with E-state index in [0.29, 0.717) is 5.69 Å². The topological polar surface area (TPSA) is 107 Å². The molecule has 0 spiro atoms. The molecule has 1 N–H and O–H groups in total. The minimum atomic E-state index is -0.715. The molecule has 1 aromatic carbocycles. The van der Waals surface area contributed by atoms with Crippen LogP contribution in [0.4, 0.5) is 16.2 Å². The van der Waals surface area contributed by atoms with Crippen molar-refractivity contribution < 1.29 is 14.5 Å². The molecule has 0 aliphatic rings. The van der Waals surface area contributed by atoms with Gasteiger partial charge in [-0.2, -0.15) is 0 Å². The van der Waals surface area contributed by atoms with Gasteiger partial charge >= 0.3 is 6.09 Å². The maximum Gasteiger partial charge on any atom is 0.417 e. The first-order valence-electron chi connectivity index (χ1n) is 7.21. The number of pyridine rings is 2. The van der Waals surface area contributed by atoms with Gasteiger partial charge in [-0.25, -0.2) is 4.79 Å². The number of anilines is 1. The van der Waals surface area contributed by atoms with Crippen molar-refractivity contribution in [2.45, 2.75) is 0 Å². The molecular formula is C17H12N4O4. The summed E-state index contributed by atoms with van der Waals surface area (Å²) in [5, 5.41) is 13.1. The lowest BCUT2D eigenvalue weighted by atomic mass is 10.2. The number of carbonyl (C=O) groups is 1. The molecule has 0 saturated carbocycles. The number of nitrogens with zero attached hydrogens (tertiary/aromatic N) is 3. The molecule has 0 saturated heterocycles. The third kappa shape index (κ3) is 4.14. The smallest absolute Gasteiger partial charge is 0.410 e. The number of nitro groups is 1. The minimum absolute atomic E-state index is 0.0799. The zero-order valence-electron chi connectivity index (χ0n) is 12.8. The van der Waals surface area contributed by atoms with E-state index in [4.69, 9.17) is 4.74 Å². The Balaban J connectivity index is 1.62. The monoisotopic (exact) mass is 336 g/mol. The Morgan fingerprint density at radius 3 is 2.36 bits per heavy atom. The highest BCUT2D eigenvalue weighted by molar-refractivity contribution is 5.86. The highest BCUT2D eigenvalue weighted by atomic mass is 16.6. The molecule has 2 heterocycles. The first kappa shape index (κ1) is 16.1. The fraction of sp³-hybridized carbons (Fsp3) is 0. The van der Waals surface area contributed by atoms with Gasteiger partial charge in [0.15, 0.2) is 0 Å². The van der Waals surface area contributed by atoms with Crippen molar-refractivity contribution in [1.82, 2.24) is 9.97 Å². The lowest BCUT2D eigenvalue weighted by molar-refractivity contribution is -0.384. The summed E-state index contributed by atoms with van der Waals surface area (Å²) in [7, 11) is 0. The summed E-state index contributed by atoms with van der Waals surface area (Å²) in [5.74, 6) is 0.199. The van der Waals surface area contributed by atoms with Gasteiger partial charge in [-0.1, -0.05) is 0 Å². The highest BCUT2D eigenvalue weighted by Gasteiger charge is 2.09. The van der Waals surface area contributed by atoms with Crippen molar-refractivity contribution in [1.29, 1.82) is 0 Å². The molecule has 0 unspecified atom stereocenters. The molecular weight excluding hydrogens is 324 g/mol. The maximum atomic E-state index is 11.9. The molecule has 8 heteroatoms. The number of nitrogens with one attached hydrogen (secondary N) is 1. The molecule has 124 valence electrons. The lowest BCUT2D eigenvalue weighted by Gasteiger charge is -2.07. The van der Waals surface area contributed by atoms with Crippen LogP contribution in [-0.2, 0) is 0 Å². The summed E-state index contributed by atoms with van der Waals surface area (Å²) < 4.78 is 5.06. The Morgan fingerprint density at radius 2 is 1.76 bits per heavy atom. The number of non-ortho nitro benzene ring substituents is 1. The van der Waals surface area contributed by atoms with Gasteiger partial charge in [0.1, 0.15) is 5.75 Å². The molecule has 0 aliphatic heterocycles. The number of ether oxygens (including phenoxy) is 1. The summed E-state index contributed by atoms with van der Waals surface area (Å²) >= 11 is 0. The van der Waals surface area contributed by atoms with E-state index in [1.54, 1.807) is 24.5 Å². The first-order valence-corrected chi connectivity index (χ1v) is 7.21. The Labute approximate surface area is 142 Å². The van der Waals surface area contributed by atoms with Crippen LogP contribution in [0, 0.1) is 10.1 Å². The summed E-state index contributed by atoms with van der Waals surface area (Å²) in [5.41, 5.74) is 2.04. The van der Waals surface area contributed by atoms with Gasteiger partial charge in [-0.3, -0.25) is 25.4 Å². The Kier molecular flexibility index (Phi) is 4.61. The number of amides is 1. The molecule has 2 aromatic heterocycles. The predicted molar refractivity (Wildman–Crippen MR) is 90.2 cm³/mol. The van der Waals surface area contributed by atoms with Gasteiger partial charge in [0.25, 0.3) is 5.69 Å². The second-order valence-electron chi connectivity index (χ2n) is 4.93. The lowest BCUT2D eigenvalue weighted by Crippen LogP contribution is -2.16. The number of benzene rings is 1. The van der Waals surface area contributed by atoms with Gasteiger partial charge < -0.3 is 4.74 Å². The molecule has 3 aromatic rings. The van der Waals surface area contributed by atoms with Crippen molar-refractivity contribution in [2.75, 3.05) is 5.32 Å². The summed E-state index contributed by atoms with van der Waals surface area (Å²) in [6.45, 7) is 0. The van der Waals surface area contributed by atoms with E-state index >= 15 is 0 Å². The Bertz CT molecular complexity index is 881. The standard InChI is InChI=1S/C17H12N4O4/c22-17(25-15-4-2-14(3-5-15)21(23)24)20-13-1-6-16(19-11-13)12-7-9-18-10-8-12/h1-11H,(H,20,22). The van der Waals surface area contributed by atoms with Gasteiger partial charge in [0.2, 0.25) is 0 Å². The number of aromatic nitrogens is 2. The molecule has 1 amide bonds. The van der Waals surface area contributed by atoms with E-state index in [1.165, 1.54) is 30.5 Å². The van der Waals surface area contributed by atoms with E-state index < -0.39 is 11.0 Å². The van der Waals surface area contributed by atoms with Crippen molar-refractivity contribution in [3.8, 4) is 17.0 Å². The van der Waals surface area contributed by atoms with Crippen LogP contribution in [0.5, 0.6) is 5.75 Å². The van der Waals surface area contributed by atoms with E-state index in [1.807, 2.05) is 12.1 Å². The van der Waals surface area contributed by atoms with Crippen molar-refractivity contribution in [3.05, 3.63) is 77.2 Å². The minimum Gasteiger partial charge on any atom is -0.410 e. The van der Waals surface area contributed by atoms with E-state index in [0.717, 1.165) is 11.3 Å². The summed E-state index contributed by atoms with van der Waals surface area (Å²) in [6, 6.07) is 12.3. The highest BCUT2D eigenvalue weighted by Crippen LogP contribution is 2.19. The van der Waals surface area contributed by atoms with Gasteiger partial charge in [0, 0.05) is 30.1 Å². The molecule has 0 radical (unpaired) electrons. The van der Waals surface area contributed by atoms with Crippen LogP contribution in [0.2, 0.25) is 0 Å². The summed E-state index contributed by atoms with van der Waals surface area (Å²) in [6.07, 6.45) is 4.13. The van der Waals surface area contributed by atoms with E-state index in [-0.39, 0.29) is 11.4 Å². The molecule has 0 bridgehead atoms. The second kappa shape index (κ2) is 7.18. The zero-order valence-corrected chi connectivity index (χ0v) is 12.8. The average molecular weight is 336 g/mol. The van der Waals surface area contributed by atoms with Crippen molar-refractivity contribution in [3.63, 3.8) is 0 Å². The molecule has 8 nitrogen and oxygen atoms in total. The van der Waals surface area contributed by atoms with E-state index in [2.05, 4.69) is 15.3 Å². The zero-order chi connectivity index (χ0) is 17.6. The van der Waals surface area contributed by atoms with Gasteiger partial charge in [-0.15, -0.1) is 0 Å². The predicted octanol–water partition coefficient (Wildman–Crippen LogP) is 3.66. The SMILES string of the molecule is O=C(Nc1ccc(-c2ccncc2)nc1)Oc1ccc([N+](=O)[O-])cc1.